The minimum Gasteiger partial charge on any atom is -0.399 e. The average molecular weight is 370 g/mol. The van der Waals surface area contributed by atoms with Crippen molar-refractivity contribution in [3.05, 3.63) is 53.1 Å². The third-order valence-corrected chi connectivity index (χ3v) is 4.78. The quantitative estimate of drug-likeness (QED) is 0.563. The highest BCUT2D eigenvalue weighted by molar-refractivity contribution is 5.66. The maximum Gasteiger partial charge on any atom is 0.573 e. The molecule has 0 aromatic heterocycles. The fourth-order valence-corrected chi connectivity index (χ4v) is 3.60. The number of aryl methyl sites for hydroxylation is 1. The van der Waals surface area contributed by atoms with E-state index in [0.29, 0.717) is 11.5 Å². The van der Waals surface area contributed by atoms with Gasteiger partial charge in [0.1, 0.15) is 0 Å². The molecule has 1 aliphatic carbocycles. The van der Waals surface area contributed by atoms with Crippen molar-refractivity contribution in [3.8, 4) is 16.9 Å². The van der Waals surface area contributed by atoms with Crippen LogP contribution in [0.25, 0.3) is 11.1 Å². The van der Waals surface area contributed by atoms with Crippen molar-refractivity contribution in [1.29, 1.82) is 0 Å². The number of fused-ring (bicyclic) bond motifs is 1. The number of halogens is 5. The zero-order valence-corrected chi connectivity index (χ0v) is 14.3. The predicted octanol–water partition coefficient (Wildman–Crippen LogP) is 6.44. The molecular formula is C20H19F5O. The Morgan fingerprint density at radius 3 is 2.31 bits per heavy atom. The molecule has 0 saturated heterocycles. The molecule has 140 valence electrons. The molecule has 1 nitrogen and oxygen atoms in total. The van der Waals surface area contributed by atoms with Crippen molar-refractivity contribution < 1.29 is 26.7 Å². The summed E-state index contributed by atoms with van der Waals surface area (Å²) in [6, 6.07) is 7.31. The number of hydrogen-bond donors (Lipinski definition) is 0. The number of ether oxygens (including phenoxy) is 1. The van der Waals surface area contributed by atoms with Crippen LogP contribution >= 0.6 is 0 Å². The van der Waals surface area contributed by atoms with Crippen LogP contribution < -0.4 is 4.74 Å². The Hall–Kier alpha value is -2.11. The number of benzene rings is 2. The van der Waals surface area contributed by atoms with Gasteiger partial charge in [0, 0.05) is 0 Å². The van der Waals surface area contributed by atoms with Crippen LogP contribution in [0.1, 0.15) is 37.3 Å². The van der Waals surface area contributed by atoms with Crippen LogP contribution in [-0.2, 0) is 12.8 Å². The first kappa shape index (κ1) is 18.7. The SMILES string of the molecule is CCCC1CCc2cc(-c3cc(F)c(OC(F)(F)F)c(F)c3)ccc2C1. The molecule has 0 heterocycles. The third kappa shape index (κ3) is 4.17. The Bertz CT molecular complexity index is 774. The van der Waals surface area contributed by atoms with Crippen LogP contribution in [0.5, 0.6) is 5.75 Å². The topological polar surface area (TPSA) is 9.23 Å². The van der Waals surface area contributed by atoms with Gasteiger partial charge >= 0.3 is 6.36 Å². The minimum absolute atomic E-state index is 0.188. The molecule has 2 aromatic carbocycles. The molecule has 0 aliphatic heterocycles. The lowest BCUT2D eigenvalue weighted by Crippen LogP contribution is -2.19. The Labute approximate surface area is 148 Å². The summed E-state index contributed by atoms with van der Waals surface area (Å²) in [5, 5.41) is 0. The molecule has 0 N–H and O–H groups in total. The largest absolute Gasteiger partial charge is 0.573 e. The van der Waals surface area contributed by atoms with Crippen molar-refractivity contribution in [1.82, 2.24) is 0 Å². The Morgan fingerprint density at radius 2 is 1.69 bits per heavy atom. The molecule has 2 aromatic rings. The summed E-state index contributed by atoms with van der Waals surface area (Å²) in [5.41, 5.74) is 3.13. The number of rotatable bonds is 4. The second-order valence-electron chi connectivity index (χ2n) is 6.70. The Morgan fingerprint density at radius 1 is 1.00 bits per heavy atom. The molecule has 6 heteroatoms. The molecule has 0 bridgehead atoms. The molecule has 1 aliphatic rings. The molecule has 1 unspecified atom stereocenters. The Balaban J connectivity index is 1.88. The van der Waals surface area contributed by atoms with Crippen molar-refractivity contribution in [2.45, 2.75) is 45.4 Å². The van der Waals surface area contributed by atoms with E-state index in [1.165, 1.54) is 12.0 Å². The summed E-state index contributed by atoms with van der Waals surface area (Å²) in [7, 11) is 0. The smallest absolute Gasteiger partial charge is 0.399 e. The first-order chi connectivity index (χ1) is 12.3. The van der Waals surface area contributed by atoms with E-state index in [1.807, 2.05) is 12.1 Å². The Kier molecular flexibility index (Phi) is 5.21. The molecule has 0 amide bonds. The molecule has 0 fully saturated rings. The molecule has 0 radical (unpaired) electrons. The molecular weight excluding hydrogens is 351 g/mol. The van der Waals surface area contributed by atoms with Crippen LogP contribution in [0.15, 0.2) is 30.3 Å². The maximum absolute atomic E-state index is 13.9. The summed E-state index contributed by atoms with van der Waals surface area (Å²) in [5.74, 6) is -3.52. The second kappa shape index (κ2) is 7.25. The molecule has 3 rings (SSSR count). The van der Waals surface area contributed by atoms with Crippen molar-refractivity contribution >= 4 is 0 Å². The molecule has 1 atom stereocenters. The van der Waals surface area contributed by atoms with Crippen molar-refractivity contribution in [2.75, 3.05) is 0 Å². The normalized spacial score (nSPS) is 17.1. The maximum atomic E-state index is 13.9. The summed E-state index contributed by atoms with van der Waals surface area (Å²) >= 11 is 0. The lowest BCUT2D eigenvalue weighted by atomic mass is 9.81. The van der Waals surface area contributed by atoms with Gasteiger partial charge in [-0.3, -0.25) is 0 Å². The highest BCUT2D eigenvalue weighted by Gasteiger charge is 2.34. The molecule has 0 saturated carbocycles. The van der Waals surface area contributed by atoms with E-state index in [-0.39, 0.29) is 5.56 Å². The fourth-order valence-electron chi connectivity index (χ4n) is 3.60. The zero-order chi connectivity index (χ0) is 18.9. The van der Waals surface area contributed by atoms with E-state index in [2.05, 4.69) is 11.7 Å². The van der Waals surface area contributed by atoms with E-state index in [1.54, 1.807) is 6.07 Å². The summed E-state index contributed by atoms with van der Waals surface area (Å²) in [6.45, 7) is 2.16. The van der Waals surface area contributed by atoms with Gasteiger partial charge in [-0.1, -0.05) is 38.0 Å². The lowest BCUT2D eigenvalue weighted by molar-refractivity contribution is -0.276. The second-order valence-corrected chi connectivity index (χ2v) is 6.70. The van der Waals surface area contributed by atoms with Gasteiger partial charge in [-0.2, -0.15) is 0 Å². The van der Waals surface area contributed by atoms with Gasteiger partial charge in [0.2, 0.25) is 5.75 Å². The summed E-state index contributed by atoms with van der Waals surface area (Å²) < 4.78 is 68.0. The van der Waals surface area contributed by atoms with Crippen LogP contribution in [0.2, 0.25) is 0 Å². The first-order valence-electron chi connectivity index (χ1n) is 8.63. The standard InChI is InChI=1S/C20H19F5O/c1-2-3-12-4-5-14-9-15(7-6-13(14)8-12)16-10-17(21)19(18(22)11-16)26-20(23,24)25/h6-7,9-12H,2-5,8H2,1H3. The fraction of sp³-hybridized carbons (Fsp3) is 0.400. The third-order valence-electron chi connectivity index (χ3n) is 4.78. The average Bonchev–Trinajstić information content (AvgIpc) is 2.57. The van der Waals surface area contributed by atoms with Crippen LogP contribution in [0, 0.1) is 17.6 Å². The minimum atomic E-state index is -5.15. The van der Waals surface area contributed by atoms with E-state index >= 15 is 0 Å². The summed E-state index contributed by atoms with van der Waals surface area (Å²) in [6.07, 6.45) is 0.134. The predicted molar refractivity (Wildman–Crippen MR) is 88.9 cm³/mol. The van der Waals surface area contributed by atoms with Crippen molar-refractivity contribution in [2.24, 2.45) is 5.92 Å². The van der Waals surface area contributed by atoms with Crippen LogP contribution in [0.4, 0.5) is 22.0 Å². The molecule has 26 heavy (non-hydrogen) atoms. The van der Waals surface area contributed by atoms with Crippen LogP contribution in [0.3, 0.4) is 0 Å². The van der Waals surface area contributed by atoms with E-state index < -0.39 is 23.7 Å². The highest BCUT2D eigenvalue weighted by atomic mass is 19.4. The van der Waals surface area contributed by atoms with E-state index in [9.17, 15) is 22.0 Å². The van der Waals surface area contributed by atoms with Crippen molar-refractivity contribution in [3.63, 3.8) is 0 Å². The summed E-state index contributed by atoms with van der Waals surface area (Å²) in [4.78, 5) is 0. The zero-order valence-electron chi connectivity index (χ0n) is 14.3. The van der Waals surface area contributed by atoms with Crippen LogP contribution in [-0.4, -0.2) is 6.36 Å². The van der Waals surface area contributed by atoms with E-state index in [4.69, 9.17) is 0 Å². The first-order valence-corrected chi connectivity index (χ1v) is 8.63. The van der Waals surface area contributed by atoms with Gasteiger partial charge in [0.15, 0.2) is 11.6 Å². The number of alkyl halides is 3. The van der Waals surface area contributed by atoms with E-state index in [0.717, 1.165) is 43.4 Å². The monoisotopic (exact) mass is 370 g/mol. The van der Waals surface area contributed by atoms with Gasteiger partial charge in [0.05, 0.1) is 0 Å². The van der Waals surface area contributed by atoms with Gasteiger partial charge in [-0.25, -0.2) is 8.78 Å². The van der Waals surface area contributed by atoms with Gasteiger partial charge in [-0.05, 0) is 59.6 Å². The highest BCUT2D eigenvalue weighted by Crippen LogP contribution is 2.35. The molecule has 0 spiro atoms. The lowest BCUT2D eigenvalue weighted by Gasteiger charge is -2.25. The van der Waals surface area contributed by atoms with Gasteiger partial charge in [-0.15, -0.1) is 13.2 Å². The van der Waals surface area contributed by atoms with Gasteiger partial charge < -0.3 is 4.74 Å². The number of hydrogen-bond acceptors (Lipinski definition) is 1. The van der Waals surface area contributed by atoms with Gasteiger partial charge in [0.25, 0.3) is 0 Å².